The van der Waals surface area contributed by atoms with Crippen molar-refractivity contribution in [3.05, 3.63) is 29.3 Å². The highest BCUT2D eigenvalue weighted by atomic mass is 16.6. The summed E-state index contributed by atoms with van der Waals surface area (Å²) in [5, 5.41) is 12.4. The second-order valence-corrected chi connectivity index (χ2v) is 5.66. The van der Waals surface area contributed by atoms with Gasteiger partial charge in [0, 0.05) is 6.54 Å². The van der Waals surface area contributed by atoms with Crippen LogP contribution in [0.25, 0.3) is 0 Å². The first-order valence-electron chi connectivity index (χ1n) is 6.53. The van der Waals surface area contributed by atoms with Crippen molar-refractivity contribution in [3.8, 4) is 5.75 Å². The van der Waals surface area contributed by atoms with Crippen molar-refractivity contribution >= 4 is 6.09 Å². The predicted molar refractivity (Wildman–Crippen MR) is 75.4 cm³/mol. The van der Waals surface area contributed by atoms with Gasteiger partial charge in [-0.05, 0) is 57.7 Å². The number of ether oxygens (including phenoxy) is 1. The molecule has 0 aliphatic carbocycles. The Labute approximate surface area is 114 Å². The van der Waals surface area contributed by atoms with E-state index < -0.39 is 11.7 Å². The summed E-state index contributed by atoms with van der Waals surface area (Å²) in [6.45, 7) is 7.96. The minimum atomic E-state index is -0.473. The minimum absolute atomic E-state index is 0.317. The van der Waals surface area contributed by atoms with E-state index in [0.717, 1.165) is 24.0 Å². The van der Waals surface area contributed by atoms with Gasteiger partial charge in [-0.25, -0.2) is 4.79 Å². The van der Waals surface area contributed by atoms with Gasteiger partial charge in [-0.15, -0.1) is 0 Å². The Balaban J connectivity index is 2.29. The van der Waals surface area contributed by atoms with E-state index in [1.165, 1.54) is 0 Å². The molecule has 4 heteroatoms. The fraction of sp³-hybridized carbons (Fsp3) is 0.533. The van der Waals surface area contributed by atoms with Gasteiger partial charge in [0.15, 0.2) is 0 Å². The van der Waals surface area contributed by atoms with Crippen LogP contribution >= 0.6 is 0 Å². The van der Waals surface area contributed by atoms with Crippen LogP contribution < -0.4 is 5.32 Å². The van der Waals surface area contributed by atoms with Gasteiger partial charge in [0.25, 0.3) is 0 Å². The van der Waals surface area contributed by atoms with Crippen molar-refractivity contribution in [2.75, 3.05) is 6.54 Å². The molecule has 0 aliphatic rings. The predicted octanol–water partition coefficient (Wildman–Crippen LogP) is 3.16. The van der Waals surface area contributed by atoms with Crippen molar-refractivity contribution in [1.82, 2.24) is 5.32 Å². The number of phenols is 1. The van der Waals surface area contributed by atoms with Crippen LogP contribution in [0.3, 0.4) is 0 Å². The molecule has 0 radical (unpaired) electrons. The number of nitrogens with one attached hydrogen (secondary N) is 1. The first-order valence-corrected chi connectivity index (χ1v) is 6.53. The summed E-state index contributed by atoms with van der Waals surface area (Å²) in [5.41, 5.74) is 1.46. The van der Waals surface area contributed by atoms with Gasteiger partial charge in [-0.1, -0.05) is 12.1 Å². The summed E-state index contributed by atoms with van der Waals surface area (Å²) in [6.07, 6.45) is 1.08. The molecule has 0 unspecified atom stereocenters. The standard InChI is InChI=1S/C15H23NO3/c1-11-7-8-12(13(17)10-11)6-5-9-16-14(18)19-15(2,3)4/h7-8,10,17H,5-6,9H2,1-4H3,(H,16,18). The third-order valence-electron chi connectivity index (χ3n) is 2.53. The van der Waals surface area contributed by atoms with Crippen molar-refractivity contribution in [2.45, 2.75) is 46.1 Å². The van der Waals surface area contributed by atoms with Gasteiger partial charge in [0.2, 0.25) is 0 Å². The Morgan fingerprint density at radius 2 is 2.05 bits per heavy atom. The molecular formula is C15H23NO3. The van der Waals surface area contributed by atoms with Crippen LogP contribution in [-0.4, -0.2) is 23.3 Å². The second kappa shape index (κ2) is 6.45. The number of carbonyl (C=O) groups is 1. The van der Waals surface area contributed by atoms with Crippen molar-refractivity contribution in [3.63, 3.8) is 0 Å². The van der Waals surface area contributed by atoms with E-state index in [0.29, 0.717) is 12.3 Å². The fourth-order valence-electron chi connectivity index (χ4n) is 1.67. The van der Waals surface area contributed by atoms with E-state index >= 15 is 0 Å². The fourth-order valence-corrected chi connectivity index (χ4v) is 1.67. The topological polar surface area (TPSA) is 58.6 Å². The summed E-state index contributed by atoms with van der Waals surface area (Å²) in [7, 11) is 0. The molecule has 2 N–H and O–H groups in total. The van der Waals surface area contributed by atoms with Crippen LogP contribution in [0.1, 0.15) is 38.3 Å². The highest BCUT2D eigenvalue weighted by Gasteiger charge is 2.15. The molecule has 1 aromatic carbocycles. The smallest absolute Gasteiger partial charge is 0.407 e. The van der Waals surface area contributed by atoms with E-state index in [1.54, 1.807) is 6.07 Å². The third-order valence-corrected chi connectivity index (χ3v) is 2.53. The molecule has 0 bridgehead atoms. The van der Waals surface area contributed by atoms with Crippen molar-refractivity contribution in [2.24, 2.45) is 0 Å². The maximum absolute atomic E-state index is 11.4. The molecule has 0 aromatic heterocycles. The zero-order valence-electron chi connectivity index (χ0n) is 12.1. The Morgan fingerprint density at radius 3 is 2.63 bits per heavy atom. The number of phenolic OH excluding ortho intramolecular Hbond substituents is 1. The minimum Gasteiger partial charge on any atom is -0.508 e. The van der Waals surface area contributed by atoms with E-state index in [2.05, 4.69) is 5.32 Å². The molecule has 0 saturated carbocycles. The van der Waals surface area contributed by atoms with Crippen molar-refractivity contribution in [1.29, 1.82) is 0 Å². The molecule has 4 nitrogen and oxygen atoms in total. The molecule has 0 heterocycles. The van der Waals surface area contributed by atoms with Gasteiger partial charge in [-0.3, -0.25) is 0 Å². The first kappa shape index (κ1) is 15.3. The quantitative estimate of drug-likeness (QED) is 0.822. The van der Waals surface area contributed by atoms with E-state index in [4.69, 9.17) is 4.74 Å². The van der Waals surface area contributed by atoms with Gasteiger partial charge in [0.1, 0.15) is 11.4 Å². The molecule has 19 heavy (non-hydrogen) atoms. The van der Waals surface area contributed by atoms with Crippen LogP contribution in [0, 0.1) is 6.92 Å². The maximum Gasteiger partial charge on any atom is 0.407 e. The monoisotopic (exact) mass is 265 g/mol. The molecule has 1 rings (SSSR count). The molecular weight excluding hydrogens is 242 g/mol. The number of hydrogen-bond acceptors (Lipinski definition) is 3. The van der Waals surface area contributed by atoms with E-state index in [-0.39, 0.29) is 0 Å². The van der Waals surface area contributed by atoms with Gasteiger partial charge >= 0.3 is 6.09 Å². The normalized spacial score (nSPS) is 11.2. The zero-order valence-corrected chi connectivity index (χ0v) is 12.1. The molecule has 1 amide bonds. The zero-order chi connectivity index (χ0) is 14.5. The summed E-state index contributed by atoms with van der Waals surface area (Å²) >= 11 is 0. The third kappa shape index (κ3) is 6.13. The summed E-state index contributed by atoms with van der Waals surface area (Å²) in [5.74, 6) is 0.317. The van der Waals surface area contributed by atoms with Gasteiger partial charge in [0.05, 0.1) is 0 Å². The van der Waals surface area contributed by atoms with E-state index in [1.807, 2.05) is 39.8 Å². The number of carbonyl (C=O) groups excluding carboxylic acids is 1. The largest absolute Gasteiger partial charge is 0.508 e. The van der Waals surface area contributed by atoms with Crippen LogP contribution in [0.15, 0.2) is 18.2 Å². The molecule has 0 saturated heterocycles. The first-order chi connectivity index (χ1) is 8.78. The molecule has 106 valence electrons. The highest BCUT2D eigenvalue weighted by molar-refractivity contribution is 5.67. The molecule has 0 fully saturated rings. The average Bonchev–Trinajstić information content (AvgIpc) is 2.24. The molecule has 0 spiro atoms. The Morgan fingerprint density at radius 1 is 1.37 bits per heavy atom. The number of benzene rings is 1. The van der Waals surface area contributed by atoms with Crippen LogP contribution in [0.5, 0.6) is 5.75 Å². The van der Waals surface area contributed by atoms with Gasteiger partial charge < -0.3 is 15.2 Å². The molecule has 1 aromatic rings. The Hall–Kier alpha value is -1.71. The molecule has 0 atom stereocenters. The van der Waals surface area contributed by atoms with Crippen LogP contribution in [-0.2, 0) is 11.2 Å². The summed E-state index contributed by atoms with van der Waals surface area (Å²) < 4.78 is 5.13. The summed E-state index contributed by atoms with van der Waals surface area (Å²) in [4.78, 5) is 11.4. The SMILES string of the molecule is Cc1ccc(CCCNC(=O)OC(C)(C)C)c(O)c1. The van der Waals surface area contributed by atoms with Gasteiger partial charge in [-0.2, -0.15) is 0 Å². The van der Waals surface area contributed by atoms with Crippen molar-refractivity contribution < 1.29 is 14.6 Å². The lowest BCUT2D eigenvalue weighted by Gasteiger charge is -2.19. The Kier molecular flexibility index (Phi) is 5.21. The number of amides is 1. The van der Waals surface area contributed by atoms with Crippen LogP contribution in [0.2, 0.25) is 0 Å². The number of aromatic hydroxyl groups is 1. The number of rotatable bonds is 4. The average molecular weight is 265 g/mol. The second-order valence-electron chi connectivity index (χ2n) is 5.66. The lowest BCUT2D eigenvalue weighted by atomic mass is 10.1. The number of aryl methyl sites for hydroxylation is 2. The maximum atomic E-state index is 11.4. The molecule has 0 aliphatic heterocycles. The Bertz CT molecular complexity index is 436. The van der Waals surface area contributed by atoms with E-state index in [9.17, 15) is 9.90 Å². The number of hydrogen-bond donors (Lipinski definition) is 2. The lowest BCUT2D eigenvalue weighted by Crippen LogP contribution is -2.33. The highest BCUT2D eigenvalue weighted by Crippen LogP contribution is 2.19. The summed E-state index contributed by atoms with van der Waals surface area (Å²) in [6, 6.07) is 5.63. The number of alkyl carbamates (subject to hydrolysis) is 1. The van der Waals surface area contributed by atoms with Crippen LogP contribution in [0.4, 0.5) is 4.79 Å². The lowest BCUT2D eigenvalue weighted by molar-refractivity contribution is 0.0527.